The molecule has 1 aromatic heterocycles. The lowest BCUT2D eigenvalue weighted by atomic mass is 10.1. The predicted molar refractivity (Wildman–Crippen MR) is 84.9 cm³/mol. The molecule has 7 heteroatoms. The van der Waals surface area contributed by atoms with Gasteiger partial charge >= 0.3 is 0 Å². The van der Waals surface area contributed by atoms with Crippen LogP contribution < -0.4 is 0 Å². The highest BCUT2D eigenvalue weighted by Gasteiger charge is 2.32. The second-order valence-electron chi connectivity index (χ2n) is 5.53. The first-order valence-corrected chi connectivity index (χ1v) is 9.43. The van der Waals surface area contributed by atoms with Crippen LogP contribution in [-0.4, -0.2) is 36.5 Å². The van der Waals surface area contributed by atoms with E-state index in [9.17, 15) is 13.2 Å². The zero-order chi connectivity index (χ0) is 15.7. The fourth-order valence-electron chi connectivity index (χ4n) is 2.89. The summed E-state index contributed by atoms with van der Waals surface area (Å²) in [5.74, 6) is -0.468. The molecular formula is C15H15ClN2O3S. The largest absolute Gasteiger partial charge is 0.336 e. The summed E-state index contributed by atoms with van der Waals surface area (Å²) in [5, 5.41) is 2.07. The van der Waals surface area contributed by atoms with Gasteiger partial charge in [-0.1, -0.05) is 24.3 Å². The molecule has 5 nitrogen and oxygen atoms in total. The van der Waals surface area contributed by atoms with E-state index in [0.717, 1.165) is 16.5 Å². The van der Waals surface area contributed by atoms with Crippen molar-refractivity contribution in [2.45, 2.75) is 13.0 Å². The van der Waals surface area contributed by atoms with E-state index in [1.54, 1.807) is 11.1 Å². The summed E-state index contributed by atoms with van der Waals surface area (Å²) >= 11 is 0. The van der Waals surface area contributed by atoms with Gasteiger partial charge in [-0.05, 0) is 11.5 Å². The molecule has 0 N–H and O–H groups in total. The first-order valence-electron chi connectivity index (χ1n) is 6.95. The van der Waals surface area contributed by atoms with Crippen LogP contribution in [0.25, 0.3) is 10.8 Å². The molecule has 1 amide bonds. The van der Waals surface area contributed by atoms with Crippen LogP contribution in [0.3, 0.4) is 0 Å². The van der Waals surface area contributed by atoms with Crippen LogP contribution in [0.5, 0.6) is 0 Å². The zero-order valence-electron chi connectivity index (χ0n) is 11.8. The minimum absolute atomic E-state index is 0.0555. The van der Waals surface area contributed by atoms with Crippen LogP contribution >= 0.6 is 10.7 Å². The normalized spacial score (nSPS) is 19.0. The van der Waals surface area contributed by atoms with Crippen molar-refractivity contribution in [2.24, 2.45) is 5.92 Å². The average molecular weight is 339 g/mol. The number of benzene rings is 1. The summed E-state index contributed by atoms with van der Waals surface area (Å²) in [4.78, 5) is 18.1. The molecule has 1 aliphatic heterocycles. The van der Waals surface area contributed by atoms with Crippen molar-refractivity contribution < 1.29 is 13.2 Å². The van der Waals surface area contributed by atoms with Gasteiger partial charge in [-0.3, -0.25) is 9.78 Å². The maximum absolute atomic E-state index is 12.1. The molecule has 1 unspecified atom stereocenters. The van der Waals surface area contributed by atoms with E-state index in [1.165, 1.54) is 0 Å². The minimum atomic E-state index is -3.58. The molecule has 0 aliphatic carbocycles. The summed E-state index contributed by atoms with van der Waals surface area (Å²) < 4.78 is 22.3. The average Bonchev–Trinajstić information content (AvgIpc) is 2.77. The Kier molecular flexibility index (Phi) is 4.06. The van der Waals surface area contributed by atoms with Crippen molar-refractivity contribution in [3.8, 4) is 0 Å². The van der Waals surface area contributed by atoms with E-state index in [1.807, 2.05) is 30.3 Å². The van der Waals surface area contributed by atoms with Gasteiger partial charge in [0.2, 0.25) is 15.0 Å². The van der Waals surface area contributed by atoms with Gasteiger partial charge in [0, 0.05) is 41.1 Å². The van der Waals surface area contributed by atoms with Crippen molar-refractivity contribution in [1.82, 2.24) is 9.88 Å². The van der Waals surface area contributed by atoms with E-state index in [2.05, 4.69) is 4.98 Å². The van der Waals surface area contributed by atoms with Crippen molar-refractivity contribution in [3.63, 3.8) is 0 Å². The monoisotopic (exact) mass is 338 g/mol. The molecule has 1 fully saturated rings. The molecule has 3 rings (SSSR count). The topological polar surface area (TPSA) is 67.3 Å². The minimum Gasteiger partial charge on any atom is -0.336 e. The van der Waals surface area contributed by atoms with Crippen LogP contribution in [0.4, 0.5) is 0 Å². The molecule has 1 aliphatic rings. The van der Waals surface area contributed by atoms with Crippen LogP contribution in [0.1, 0.15) is 12.1 Å². The predicted octanol–water partition coefficient (Wildman–Crippen LogP) is 2.15. The number of pyridine rings is 1. The first-order chi connectivity index (χ1) is 10.4. The fourth-order valence-corrected chi connectivity index (χ4v) is 4.21. The number of nitrogens with zero attached hydrogens (tertiary/aromatic N) is 2. The number of likely N-dealkylation sites (tertiary alicyclic amines) is 1. The second kappa shape index (κ2) is 5.85. The number of halogens is 1. The van der Waals surface area contributed by atoms with E-state index < -0.39 is 9.05 Å². The van der Waals surface area contributed by atoms with Crippen molar-refractivity contribution >= 4 is 36.4 Å². The summed E-state index contributed by atoms with van der Waals surface area (Å²) in [6.45, 7) is 0.786. The second-order valence-corrected chi connectivity index (χ2v) is 8.35. The van der Waals surface area contributed by atoms with Crippen molar-refractivity contribution in [3.05, 3.63) is 42.2 Å². The number of carbonyl (C=O) groups is 1. The maximum atomic E-state index is 12.1. The molecule has 1 saturated heterocycles. The van der Waals surface area contributed by atoms with Crippen LogP contribution in [0.15, 0.2) is 36.5 Å². The number of carbonyl (C=O) groups excluding carboxylic acids is 1. The summed E-state index contributed by atoms with van der Waals surface area (Å²) in [7, 11) is 1.69. The lowest BCUT2D eigenvalue weighted by Crippen LogP contribution is -2.26. The van der Waals surface area contributed by atoms with E-state index >= 15 is 0 Å². The number of hydrogen-bond donors (Lipinski definition) is 0. The standard InChI is InChI=1S/C15H15ClN2O3S/c16-22(20,21)10-11-7-15(19)18(8-11)9-14-13-4-2-1-3-12(13)5-6-17-14/h1-6,11H,7-10H2. The molecule has 2 heterocycles. The molecule has 0 spiro atoms. The fraction of sp³-hybridized carbons (Fsp3) is 0.333. The van der Waals surface area contributed by atoms with Crippen molar-refractivity contribution in [1.29, 1.82) is 0 Å². The number of fused-ring (bicyclic) bond motifs is 1. The molecule has 0 saturated carbocycles. The van der Waals surface area contributed by atoms with Gasteiger partial charge in [-0.15, -0.1) is 0 Å². The van der Waals surface area contributed by atoms with Gasteiger partial charge in [-0.2, -0.15) is 0 Å². The first kappa shape index (κ1) is 15.2. The Morgan fingerprint density at radius 3 is 2.82 bits per heavy atom. The third-order valence-electron chi connectivity index (χ3n) is 3.83. The smallest absolute Gasteiger partial charge is 0.232 e. The van der Waals surface area contributed by atoms with Gasteiger partial charge in [-0.25, -0.2) is 8.42 Å². The number of hydrogen-bond acceptors (Lipinski definition) is 4. The lowest BCUT2D eigenvalue weighted by molar-refractivity contribution is -0.128. The van der Waals surface area contributed by atoms with E-state index in [4.69, 9.17) is 10.7 Å². The summed E-state index contributed by atoms with van der Waals surface area (Å²) in [6.07, 6.45) is 1.94. The Morgan fingerprint density at radius 2 is 2.05 bits per heavy atom. The molecule has 0 radical (unpaired) electrons. The highest BCUT2D eigenvalue weighted by atomic mass is 35.7. The quantitative estimate of drug-likeness (QED) is 0.801. The Balaban J connectivity index is 1.79. The molecule has 1 atom stereocenters. The lowest BCUT2D eigenvalue weighted by Gasteiger charge is -2.17. The van der Waals surface area contributed by atoms with E-state index in [-0.39, 0.29) is 24.0 Å². The Labute approximate surface area is 133 Å². The van der Waals surface area contributed by atoms with Crippen LogP contribution in [0, 0.1) is 5.92 Å². The summed E-state index contributed by atoms with van der Waals surface area (Å²) in [6, 6.07) is 9.78. The highest BCUT2D eigenvalue weighted by molar-refractivity contribution is 8.13. The van der Waals surface area contributed by atoms with Gasteiger partial charge in [0.25, 0.3) is 0 Å². The number of aromatic nitrogens is 1. The molecule has 116 valence electrons. The molecule has 1 aromatic carbocycles. The highest BCUT2D eigenvalue weighted by Crippen LogP contribution is 2.24. The summed E-state index contributed by atoms with van der Waals surface area (Å²) in [5.41, 5.74) is 0.820. The van der Waals surface area contributed by atoms with Gasteiger partial charge in [0.1, 0.15) is 0 Å². The Bertz CT molecular complexity index is 817. The SMILES string of the molecule is O=C1CC(CS(=O)(=O)Cl)CN1Cc1nccc2ccccc12. The molecular weight excluding hydrogens is 324 g/mol. The Hall–Kier alpha value is -1.66. The third-order valence-corrected chi connectivity index (χ3v) is 5.07. The maximum Gasteiger partial charge on any atom is 0.232 e. The third kappa shape index (κ3) is 3.39. The van der Waals surface area contributed by atoms with Crippen molar-refractivity contribution in [2.75, 3.05) is 12.3 Å². The molecule has 2 aromatic rings. The number of rotatable bonds is 4. The van der Waals surface area contributed by atoms with E-state index in [0.29, 0.717) is 13.1 Å². The molecule has 0 bridgehead atoms. The molecule has 22 heavy (non-hydrogen) atoms. The Morgan fingerprint density at radius 1 is 1.27 bits per heavy atom. The van der Waals surface area contributed by atoms with Gasteiger partial charge < -0.3 is 4.90 Å². The van der Waals surface area contributed by atoms with Gasteiger partial charge in [0.15, 0.2) is 0 Å². The van der Waals surface area contributed by atoms with Gasteiger partial charge in [0.05, 0.1) is 18.0 Å². The van der Waals surface area contributed by atoms with Crippen LogP contribution in [0.2, 0.25) is 0 Å². The van der Waals surface area contributed by atoms with Crippen LogP contribution in [-0.2, 0) is 20.4 Å². The number of amides is 1. The zero-order valence-corrected chi connectivity index (χ0v) is 13.3.